The zero-order valence-electron chi connectivity index (χ0n) is 36.4. The number of hydrogen-bond acceptors (Lipinski definition) is 3. The third-order valence-corrected chi connectivity index (χ3v) is 12.9. The summed E-state index contributed by atoms with van der Waals surface area (Å²) >= 11 is 2.52. The molecule has 0 spiro atoms. The van der Waals surface area contributed by atoms with Crippen molar-refractivity contribution in [2.24, 2.45) is 5.41 Å². The Morgan fingerprint density at radius 3 is 1.80 bits per heavy atom. The average molecular weight is 982 g/mol. The van der Waals surface area contributed by atoms with Gasteiger partial charge in [0, 0.05) is 6.20 Å². The van der Waals surface area contributed by atoms with E-state index in [0.717, 1.165) is 62.2 Å². The molecule has 6 aromatic carbocycles. The van der Waals surface area contributed by atoms with Gasteiger partial charge in [-0.05, 0) is 17.0 Å². The summed E-state index contributed by atoms with van der Waals surface area (Å²) in [5.41, 5.74) is 14.2. The van der Waals surface area contributed by atoms with Gasteiger partial charge >= 0.3 is 316 Å². The molecule has 0 saturated heterocycles. The summed E-state index contributed by atoms with van der Waals surface area (Å²) in [7, 11) is 0. The van der Waals surface area contributed by atoms with Gasteiger partial charge in [0.05, 0.1) is 0 Å². The number of para-hydroxylation sites is 2. The molecule has 0 unspecified atom stereocenters. The van der Waals surface area contributed by atoms with E-state index in [2.05, 4.69) is 240 Å². The van der Waals surface area contributed by atoms with Crippen molar-refractivity contribution in [1.82, 2.24) is 14.1 Å². The summed E-state index contributed by atoms with van der Waals surface area (Å²) in [6, 6.07) is 54.6. The first-order valence-electron chi connectivity index (χ1n) is 21.3. The second-order valence-corrected chi connectivity index (χ2v) is 20.3. The number of hydrogen-bond donors (Lipinski definition) is 0. The van der Waals surface area contributed by atoms with E-state index in [1.54, 1.807) is 0 Å². The molecule has 0 amide bonds. The van der Waals surface area contributed by atoms with Gasteiger partial charge in [-0.25, -0.2) is 0 Å². The normalized spacial score (nSPS) is 14.0. The standard InChI is InChI=1S/C55H54N4O.Pt/c1-53(2,3)41-28-29-56-51(32-41)57-36-55(7,8)35-40-26-27-45(34-50(40)57)60-44-23-17-22-43(33-44)58-37-59(49-25-16-15-24-48(49)58)52-46(38-18-11-9-12-19-38)30-42(54(4,5)6)31-47(52)39-20-13-10-14-21-39;/h9-34H,35-36H2,1-8H3;. The van der Waals surface area contributed by atoms with Gasteiger partial charge in [-0.3, -0.25) is 0 Å². The summed E-state index contributed by atoms with van der Waals surface area (Å²) < 4.78 is 12.7. The van der Waals surface area contributed by atoms with Crippen molar-refractivity contribution in [3.63, 3.8) is 0 Å². The number of anilines is 2. The molecule has 0 aliphatic carbocycles. The van der Waals surface area contributed by atoms with Crippen LogP contribution in [0, 0.1) is 9.22 Å². The molecule has 0 N–H and O–H groups in total. The third-order valence-electron chi connectivity index (χ3n) is 11.9. The molecule has 0 fully saturated rings. The van der Waals surface area contributed by atoms with E-state index in [1.165, 1.54) is 38.9 Å². The topological polar surface area (TPSA) is 35.2 Å². The van der Waals surface area contributed by atoms with Crippen molar-refractivity contribution in [2.75, 3.05) is 11.4 Å². The molecule has 310 valence electrons. The molecule has 3 heterocycles. The predicted octanol–water partition coefficient (Wildman–Crippen LogP) is 14.3. The van der Waals surface area contributed by atoms with Crippen LogP contribution in [0.1, 0.15) is 72.1 Å². The molecule has 5 nitrogen and oxygen atoms in total. The molecule has 1 aliphatic rings. The second-order valence-electron chi connectivity index (χ2n) is 19.3. The van der Waals surface area contributed by atoms with Crippen LogP contribution < -0.4 is 9.64 Å². The van der Waals surface area contributed by atoms with Crippen molar-refractivity contribution in [3.8, 4) is 45.1 Å². The monoisotopic (exact) mass is 981 g/mol. The van der Waals surface area contributed by atoms with E-state index in [0.29, 0.717) is 0 Å². The van der Waals surface area contributed by atoms with Crippen molar-refractivity contribution < 1.29 is 24.1 Å². The van der Waals surface area contributed by atoms with Gasteiger partial charge in [-0.2, -0.15) is 0 Å². The van der Waals surface area contributed by atoms with E-state index < -0.39 is 0 Å². The Labute approximate surface area is 371 Å². The van der Waals surface area contributed by atoms with E-state index in [1.807, 2.05) is 6.20 Å². The molecule has 0 bridgehead atoms. The maximum absolute atomic E-state index is 6.79. The number of fused-ring (bicyclic) bond motifs is 2. The van der Waals surface area contributed by atoms with Gasteiger partial charge in [0.25, 0.3) is 0 Å². The summed E-state index contributed by atoms with van der Waals surface area (Å²) in [4.78, 5) is 7.28. The third kappa shape index (κ3) is 7.97. The van der Waals surface area contributed by atoms with Crippen molar-refractivity contribution in [3.05, 3.63) is 178 Å². The van der Waals surface area contributed by atoms with Crippen LogP contribution in [-0.4, -0.2) is 20.7 Å². The fraction of sp³-hybridized carbons (Fsp3) is 0.236. The average Bonchev–Trinajstić information content (AvgIpc) is 3.54. The molecule has 2 aromatic heterocycles. The van der Waals surface area contributed by atoms with E-state index >= 15 is 0 Å². The van der Waals surface area contributed by atoms with Gasteiger partial charge in [0.15, 0.2) is 0 Å². The fourth-order valence-electron chi connectivity index (χ4n) is 8.71. The second kappa shape index (κ2) is 15.6. The van der Waals surface area contributed by atoms with Crippen LogP contribution in [0.3, 0.4) is 0 Å². The molecule has 0 atom stereocenters. The molecule has 0 saturated carbocycles. The zero-order valence-corrected chi connectivity index (χ0v) is 38.7. The first-order valence-corrected chi connectivity index (χ1v) is 22.4. The SMILES string of the molecule is CC1(C)Cc2ccc(Oc3cccc(-n4[c](=[Pt])n(-c5c(-c6ccccc6)cc(C(C)(C)C)cc5-c5ccccc5)c5ccccc54)c3)cc2N(c2cc(C(C)(C)C)ccn2)C1. The van der Waals surface area contributed by atoms with Crippen molar-refractivity contribution >= 4 is 22.5 Å². The number of pyridine rings is 1. The van der Waals surface area contributed by atoms with Crippen molar-refractivity contribution in [1.29, 1.82) is 0 Å². The summed E-state index contributed by atoms with van der Waals surface area (Å²) in [5.74, 6) is 2.55. The summed E-state index contributed by atoms with van der Waals surface area (Å²) in [6.45, 7) is 19.2. The Balaban J connectivity index is 1.17. The number of nitrogens with zero attached hydrogens (tertiary/aromatic N) is 4. The Kier molecular flexibility index (Phi) is 10.4. The molecular formula is C55H54N4OPt. The van der Waals surface area contributed by atoms with Gasteiger partial charge in [-0.1, -0.05) is 34.6 Å². The number of imidazole rings is 1. The van der Waals surface area contributed by atoms with E-state index in [-0.39, 0.29) is 16.2 Å². The molecule has 61 heavy (non-hydrogen) atoms. The van der Waals surface area contributed by atoms with Crippen LogP contribution in [0.5, 0.6) is 11.5 Å². The molecule has 8 aromatic rings. The van der Waals surface area contributed by atoms with Crippen LogP contribution in [0.25, 0.3) is 44.7 Å². The van der Waals surface area contributed by atoms with Crippen LogP contribution in [0.4, 0.5) is 11.5 Å². The minimum absolute atomic E-state index is 0.0230. The van der Waals surface area contributed by atoms with Crippen LogP contribution in [-0.2, 0) is 36.6 Å². The van der Waals surface area contributed by atoms with Gasteiger partial charge < -0.3 is 0 Å². The van der Waals surface area contributed by atoms with Gasteiger partial charge in [-0.15, -0.1) is 0 Å². The number of ether oxygens (including phenoxy) is 1. The molecule has 6 heteroatoms. The van der Waals surface area contributed by atoms with Crippen LogP contribution in [0.15, 0.2) is 158 Å². The maximum atomic E-state index is 6.79. The summed E-state index contributed by atoms with van der Waals surface area (Å²) in [6.07, 6.45) is 2.94. The number of rotatable bonds is 7. The quantitative estimate of drug-likeness (QED) is 0.160. The first-order chi connectivity index (χ1) is 29.1. The van der Waals surface area contributed by atoms with Gasteiger partial charge in [0.1, 0.15) is 0 Å². The molecular weight excluding hydrogens is 928 g/mol. The van der Waals surface area contributed by atoms with E-state index in [9.17, 15) is 0 Å². The Bertz CT molecular complexity index is 2900. The Morgan fingerprint density at radius 2 is 1.18 bits per heavy atom. The summed E-state index contributed by atoms with van der Waals surface area (Å²) in [5, 5.41) is 0. The van der Waals surface area contributed by atoms with Crippen LogP contribution >= 0.6 is 0 Å². The van der Waals surface area contributed by atoms with E-state index in [4.69, 9.17) is 9.72 Å². The predicted molar refractivity (Wildman–Crippen MR) is 249 cm³/mol. The Morgan fingerprint density at radius 1 is 0.590 bits per heavy atom. The number of benzene rings is 6. The fourth-order valence-corrected chi connectivity index (χ4v) is 9.80. The van der Waals surface area contributed by atoms with Gasteiger partial charge in [0.2, 0.25) is 0 Å². The minimum atomic E-state index is -0.0564. The first kappa shape index (κ1) is 40.6. The van der Waals surface area contributed by atoms with Crippen LogP contribution in [0.2, 0.25) is 0 Å². The molecule has 0 radical (unpaired) electrons. The van der Waals surface area contributed by atoms with Crippen molar-refractivity contribution in [2.45, 2.75) is 72.6 Å². The molecule has 9 rings (SSSR count). The molecule has 1 aliphatic heterocycles. The number of aromatic nitrogens is 3. The zero-order chi connectivity index (χ0) is 42.7. The Hall–Kier alpha value is -5.77.